The number of carbonyl (C=O) groups excluding carboxylic acids is 1. The van der Waals surface area contributed by atoms with Crippen LogP contribution in [0.5, 0.6) is 0 Å². The van der Waals surface area contributed by atoms with Crippen molar-refractivity contribution in [2.24, 2.45) is 11.3 Å². The van der Waals surface area contributed by atoms with E-state index < -0.39 is 17.5 Å². The third kappa shape index (κ3) is 2.88. The molecule has 1 atom stereocenters. The average molecular weight is 328 g/mol. The first-order valence-electron chi connectivity index (χ1n) is 7.78. The van der Waals surface area contributed by atoms with Crippen molar-refractivity contribution in [3.05, 3.63) is 33.7 Å². The summed E-state index contributed by atoms with van der Waals surface area (Å²) < 4.78 is 39.8. The average Bonchev–Trinajstić information content (AvgIpc) is 2.42. The minimum atomic E-state index is -4.21. The molecule has 2 heterocycles. The van der Waals surface area contributed by atoms with Crippen molar-refractivity contribution < 1.29 is 18.0 Å². The van der Waals surface area contributed by atoms with Crippen molar-refractivity contribution in [2.45, 2.75) is 38.8 Å². The van der Waals surface area contributed by atoms with Gasteiger partial charge in [0.25, 0.3) is 5.91 Å². The van der Waals surface area contributed by atoms with Crippen molar-refractivity contribution in [2.75, 3.05) is 13.1 Å². The SMILES string of the molecule is Cc1cc(C(=O)N2CC[C@H](C(F)(F)F)C3(CCC3)C2)cc(=O)[nH]1. The molecule has 4 nitrogen and oxygen atoms in total. The summed E-state index contributed by atoms with van der Waals surface area (Å²) in [5, 5.41) is 0. The molecule has 1 aliphatic heterocycles. The summed E-state index contributed by atoms with van der Waals surface area (Å²) >= 11 is 0. The summed E-state index contributed by atoms with van der Waals surface area (Å²) in [5.74, 6) is -1.68. The monoisotopic (exact) mass is 328 g/mol. The molecule has 0 radical (unpaired) electrons. The molecular formula is C16H19F3N2O2. The summed E-state index contributed by atoms with van der Waals surface area (Å²) in [6, 6.07) is 2.77. The number of pyridine rings is 1. The van der Waals surface area contributed by atoms with Crippen LogP contribution in [0.4, 0.5) is 13.2 Å². The van der Waals surface area contributed by atoms with Gasteiger partial charge in [-0.1, -0.05) is 6.42 Å². The number of nitrogens with one attached hydrogen (secondary N) is 1. The van der Waals surface area contributed by atoms with Crippen LogP contribution < -0.4 is 5.56 Å². The number of likely N-dealkylation sites (tertiary alicyclic amines) is 1. The van der Waals surface area contributed by atoms with Gasteiger partial charge in [-0.25, -0.2) is 0 Å². The lowest BCUT2D eigenvalue weighted by molar-refractivity contribution is -0.235. The fourth-order valence-electron chi connectivity index (χ4n) is 3.97. The Labute approximate surface area is 131 Å². The Morgan fingerprint density at radius 2 is 2.04 bits per heavy atom. The van der Waals surface area contributed by atoms with Gasteiger partial charge >= 0.3 is 6.18 Å². The van der Waals surface area contributed by atoms with Gasteiger partial charge in [0.05, 0.1) is 5.92 Å². The van der Waals surface area contributed by atoms with Gasteiger partial charge in [-0.3, -0.25) is 9.59 Å². The van der Waals surface area contributed by atoms with Crippen LogP contribution in [0.25, 0.3) is 0 Å². The van der Waals surface area contributed by atoms with Crippen LogP contribution in [0.2, 0.25) is 0 Å². The Kier molecular flexibility index (Phi) is 3.77. The van der Waals surface area contributed by atoms with Crippen LogP contribution in [0.3, 0.4) is 0 Å². The highest BCUT2D eigenvalue weighted by Gasteiger charge is 2.58. The van der Waals surface area contributed by atoms with Gasteiger partial charge in [-0.05, 0) is 37.7 Å². The summed E-state index contributed by atoms with van der Waals surface area (Å²) in [7, 11) is 0. The standard InChI is InChI=1S/C16H19F3N2O2/c1-10-7-11(8-13(22)20-10)14(23)21-6-3-12(16(17,18)19)15(9-21)4-2-5-15/h7-8,12H,2-6,9H2,1H3,(H,20,22)/t12-/m0/s1. The Balaban J connectivity index is 1.83. The third-order valence-corrected chi connectivity index (χ3v) is 5.19. The number of aryl methyl sites for hydroxylation is 1. The Morgan fingerprint density at radius 1 is 1.35 bits per heavy atom. The predicted octanol–water partition coefficient (Wildman–Crippen LogP) is 2.88. The molecule has 7 heteroatoms. The molecule has 0 aromatic carbocycles. The van der Waals surface area contributed by atoms with Crippen LogP contribution >= 0.6 is 0 Å². The second kappa shape index (κ2) is 5.39. The number of aromatic nitrogens is 1. The highest BCUT2D eigenvalue weighted by molar-refractivity contribution is 5.94. The number of hydrogen-bond donors (Lipinski definition) is 1. The molecule has 1 aromatic rings. The molecule has 1 N–H and O–H groups in total. The lowest BCUT2D eigenvalue weighted by Gasteiger charge is -2.54. The predicted molar refractivity (Wildman–Crippen MR) is 78.1 cm³/mol. The molecule has 3 rings (SSSR count). The zero-order chi connectivity index (χ0) is 16.8. The lowest BCUT2D eigenvalue weighted by Crippen LogP contribution is -2.57. The molecule has 0 unspecified atom stereocenters. The van der Waals surface area contributed by atoms with E-state index in [4.69, 9.17) is 0 Å². The smallest absolute Gasteiger partial charge is 0.338 e. The molecule has 1 aromatic heterocycles. The van der Waals surface area contributed by atoms with E-state index in [2.05, 4.69) is 4.98 Å². The number of aromatic amines is 1. The fourth-order valence-corrected chi connectivity index (χ4v) is 3.97. The zero-order valence-corrected chi connectivity index (χ0v) is 12.9. The van der Waals surface area contributed by atoms with Crippen molar-refractivity contribution in [3.8, 4) is 0 Å². The normalized spacial score (nSPS) is 23.7. The van der Waals surface area contributed by atoms with E-state index in [0.29, 0.717) is 18.5 Å². The van der Waals surface area contributed by atoms with Crippen LogP contribution in [-0.4, -0.2) is 35.1 Å². The van der Waals surface area contributed by atoms with Gasteiger partial charge < -0.3 is 9.88 Å². The molecule has 1 spiro atoms. The molecule has 1 aliphatic carbocycles. The number of hydrogen-bond acceptors (Lipinski definition) is 2. The molecule has 126 valence electrons. The largest absolute Gasteiger partial charge is 0.392 e. The Hall–Kier alpha value is -1.79. The van der Waals surface area contributed by atoms with E-state index in [-0.39, 0.29) is 36.5 Å². The van der Waals surface area contributed by atoms with E-state index in [0.717, 1.165) is 6.42 Å². The summed E-state index contributed by atoms with van der Waals surface area (Å²) in [4.78, 5) is 28.1. The molecule has 2 aliphatic rings. The zero-order valence-electron chi connectivity index (χ0n) is 12.9. The first kappa shape index (κ1) is 16.1. The molecule has 0 bridgehead atoms. The fraction of sp³-hybridized carbons (Fsp3) is 0.625. The Morgan fingerprint density at radius 3 is 2.57 bits per heavy atom. The van der Waals surface area contributed by atoms with Crippen molar-refractivity contribution in [3.63, 3.8) is 0 Å². The first-order chi connectivity index (χ1) is 10.7. The van der Waals surface area contributed by atoms with Gasteiger partial charge in [0.1, 0.15) is 0 Å². The topological polar surface area (TPSA) is 53.2 Å². The molecule has 1 amide bonds. The van der Waals surface area contributed by atoms with E-state index in [1.807, 2.05) is 0 Å². The number of piperidine rings is 1. The van der Waals surface area contributed by atoms with Crippen molar-refractivity contribution in [1.29, 1.82) is 0 Å². The Bertz CT molecular complexity index is 677. The highest BCUT2D eigenvalue weighted by Crippen LogP contribution is 2.56. The molecule has 1 saturated heterocycles. The number of rotatable bonds is 1. The van der Waals surface area contributed by atoms with Crippen molar-refractivity contribution >= 4 is 5.91 Å². The number of amides is 1. The van der Waals surface area contributed by atoms with Gasteiger partial charge in [0.2, 0.25) is 5.56 Å². The third-order valence-electron chi connectivity index (χ3n) is 5.19. The molecule has 23 heavy (non-hydrogen) atoms. The van der Waals surface area contributed by atoms with Crippen molar-refractivity contribution in [1.82, 2.24) is 9.88 Å². The second-order valence-corrected chi connectivity index (χ2v) is 6.74. The van der Waals surface area contributed by atoms with E-state index in [1.165, 1.54) is 11.0 Å². The maximum atomic E-state index is 13.3. The summed E-state index contributed by atoms with van der Waals surface area (Å²) in [6.07, 6.45) is -2.48. The molecule has 2 fully saturated rings. The van der Waals surface area contributed by atoms with E-state index in [1.54, 1.807) is 13.0 Å². The second-order valence-electron chi connectivity index (χ2n) is 6.74. The molecular weight excluding hydrogens is 309 g/mol. The van der Waals surface area contributed by atoms with Crippen LogP contribution in [0.1, 0.15) is 41.7 Å². The first-order valence-corrected chi connectivity index (χ1v) is 7.78. The number of halogens is 3. The van der Waals surface area contributed by atoms with Crippen LogP contribution in [0, 0.1) is 18.3 Å². The number of H-pyrrole nitrogens is 1. The van der Waals surface area contributed by atoms with Gasteiger partial charge in [-0.2, -0.15) is 13.2 Å². The number of carbonyl (C=O) groups is 1. The van der Waals surface area contributed by atoms with Gasteiger partial charge in [-0.15, -0.1) is 0 Å². The minimum absolute atomic E-state index is 0.0581. The van der Waals surface area contributed by atoms with Crippen LogP contribution in [-0.2, 0) is 0 Å². The van der Waals surface area contributed by atoms with Crippen LogP contribution in [0.15, 0.2) is 16.9 Å². The highest BCUT2D eigenvalue weighted by atomic mass is 19.4. The van der Waals surface area contributed by atoms with E-state index in [9.17, 15) is 22.8 Å². The maximum Gasteiger partial charge on any atom is 0.392 e. The minimum Gasteiger partial charge on any atom is -0.338 e. The summed E-state index contributed by atoms with van der Waals surface area (Å²) in [5.41, 5.74) is -0.407. The van der Waals surface area contributed by atoms with Gasteiger partial charge in [0, 0.05) is 30.4 Å². The number of nitrogens with zero attached hydrogens (tertiary/aromatic N) is 1. The van der Waals surface area contributed by atoms with E-state index >= 15 is 0 Å². The summed E-state index contributed by atoms with van der Waals surface area (Å²) in [6.45, 7) is 1.87. The van der Waals surface area contributed by atoms with Gasteiger partial charge in [0.15, 0.2) is 0 Å². The quantitative estimate of drug-likeness (QED) is 0.862. The number of alkyl halides is 3. The lowest BCUT2D eigenvalue weighted by atomic mass is 9.58. The maximum absolute atomic E-state index is 13.3. The molecule has 1 saturated carbocycles.